The fourth-order valence-corrected chi connectivity index (χ4v) is 1.18. The molecule has 2 rings (SSSR count). The van der Waals surface area contributed by atoms with Gasteiger partial charge in [-0.15, -0.1) is 0 Å². The van der Waals surface area contributed by atoms with Gasteiger partial charge in [0, 0.05) is 6.20 Å². The van der Waals surface area contributed by atoms with Gasteiger partial charge < -0.3 is 9.72 Å². The van der Waals surface area contributed by atoms with E-state index in [9.17, 15) is 4.79 Å². The number of nitrogens with one attached hydrogen (secondary N) is 2. The van der Waals surface area contributed by atoms with Gasteiger partial charge in [-0.1, -0.05) is 12.8 Å². The number of rotatable bonds is 4. The van der Waals surface area contributed by atoms with Crippen molar-refractivity contribution in [2.75, 3.05) is 6.61 Å². The predicted octanol–water partition coefficient (Wildman–Crippen LogP) is 0.206. The molecule has 0 aliphatic rings. The highest BCUT2D eigenvalue weighted by molar-refractivity contribution is 7.78. The molecule has 0 aliphatic heterocycles. The summed E-state index contributed by atoms with van der Waals surface area (Å²) in [6.07, 6.45) is 4.51. The fourth-order valence-electron chi connectivity index (χ4n) is 1.11. The summed E-state index contributed by atoms with van der Waals surface area (Å²) in [6, 6.07) is 1.71. The van der Waals surface area contributed by atoms with Gasteiger partial charge in [-0.2, -0.15) is 0 Å². The Hall–Kier alpha value is -2.09. The molecule has 8 heteroatoms. The number of ether oxygens (including phenoxy) is 1. The predicted molar refractivity (Wildman–Crippen MR) is 62.2 cm³/mol. The number of carbonyl (C=O) groups excluding carboxylic acids is 1. The minimum atomic E-state index is -0.341. The smallest absolute Gasteiger partial charge is 0.267 e. The first-order valence-electron chi connectivity index (χ1n) is 4.66. The van der Waals surface area contributed by atoms with Crippen molar-refractivity contribution in [2.24, 2.45) is 0 Å². The highest BCUT2D eigenvalue weighted by Crippen LogP contribution is 2.15. The van der Waals surface area contributed by atoms with Crippen molar-refractivity contribution in [1.82, 2.24) is 24.7 Å². The largest absolute Gasteiger partial charge is 0.468 e. The Bertz CT molecular complexity index is 501. The van der Waals surface area contributed by atoms with Gasteiger partial charge in [0.05, 0.1) is 6.20 Å². The van der Waals surface area contributed by atoms with E-state index in [4.69, 9.17) is 4.74 Å². The molecule has 7 nitrogen and oxygen atoms in total. The Balaban J connectivity index is 2.04. The maximum atomic E-state index is 10.9. The van der Waals surface area contributed by atoms with Crippen LogP contribution in [0.25, 0.3) is 11.5 Å². The lowest BCUT2D eigenvalue weighted by atomic mass is 10.4. The third-order valence-corrected chi connectivity index (χ3v) is 2.11. The molecule has 0 spiro atoms. The van der Waals surface area contributed by atoms with E-state index >= 15 is 0 Å². The molecule has 2 heterocycles. The van der Waals surface area contributed by atoms with E-state index in [0.717, 1.165) is 0 Å². The Kier molecular flexibility index (Phi) is 3.55. The third-order valence-electron chi connectivity index (χ3n) is 1.86. The summed E-state index contributed by atoms with van der Waals surface area (Å²) in [5.41, 5.74) is 0.647. The lowest BCUT2D eigenvalue weighted by Gasteiger charge is -2.00. The van der Waals surface area contributed by atoms with Crippen molar-refractivity contribution in [3.8, 4) is 17.4 Å². The summed E-state index contributed by atoms with van der Waals surface area (Å²) in [5.74, 6) is 0.593. The number of thiol groups is 1. The summed E-state index contributed by atoms with van der Waals surface area (Å²) >= 11 is 3.60. The molecular formula is C9H9N5O2S. The second-order valence-electron chi connectivity index (χ2n) is 3.01. The molecule has 2 aromatic heterocycles. The molecule has 0 unspecified atom stereocenters. The topological polar surface area (TPSA) is 92.8 Å². The average Bonchev–Trinajstić information content (AvgIpc) is 2.86. The molecule has 1 amide bonds. The first-order valence-corrected chi connectivity index (χ1v) is 5.11. The Morgan fingerprint density at radius 2 is 2.41 bits per heavy atom. The molecular weight excluding hydrogens is 242 g/mol. The molecule has 0 fully saturated rings. The number of hydrogen-bond donors (Lipinski definition) is 3. The van der Waals surface area contributed by atoms with Crippen molar-refractivity contribution in [2.45, 2.75) is 0 Å². The number of aromatic amines is 1. The van der Waals surface area contributed by atoms with E-state index in [1.165, 1.54) is 12.5 Å². The Morgan fingerprint density at radius 3 is 3.12 bits per heavy atom. The molecule has 2 aromatic rings. The zero-order chi connectivity index (χ0) is 12.1. The molecule has 0 radical (unpaired) electrons. The molecule has 0 aromatic carbocycles. The normalized spacial score (nSPS) is 9.94. The monoisotopic (exact) mass is 251 g/mol. The van der Waals surface area contributed by atoms with Crippen LogP contribution in [0.15, 0.2) is 24.8 Å². The zero-order valence-electron chi connectivity index (χ0n) is 8.62. The quantitative estimate of drug-likeness (QED) is 0.675. The van der Waals surface area contributed by atoms with Crippen LogP contribution >= 0.6 is 12.8 Å². The molecule has 0 aliphatic carbocycles. The van der Waals surface area contributed by atoms with Crippen LogP contribution in [0.1, 0.15) is 0 Å². The van der Waals surface area contributed by atoms with E-state index in [1.807, 2.05) is 0 Å². The highest BCUT2D eigenvalue weighted by atomic mass is 32.1. The first-order chi connectivity index (χ1) is 8.29. The summed E-state index contributed by atoms with van der Waals surface area (Å²) in [4.78, 5) is 25.7. The van der Waals surface area contributed by atoms with Crippen molar-refractivity contribution in [1.29, 1.82) is 0 Å². The minimum Gasteiger partial charge on any atom is -0.468 e. The van der Waals surface area contributed by atoms with Crippen LogP contribution in [0.4, 0.5) is 0 Å². The highest BCUT2D eigenvalue weighted by Gasteiger charge is 2.06. The van der Waals surface area contributed by atoms with E-state index in [-0.39, 0.29) is 12.5 Å². The maximum Gasteiger partial charge on any atom is 0.267 e. The van der Waals surface area contributed by atoms with Crippen molar-refractivity contribution in [3.05, 3.63) is 24.8 Å². The summed E-state index contributed by atoms with van der Waals surface area (Å²) in [7, 11) is 0. The molecule has 17 heavy (non-hydrogen) atoms. The van der Waals surface area contributed by atoms with Crippen molar-refractivity contribution < 1.29 is 9.53 Å². The fraction of sp³-hybridized carbons (Fsp3) is 0.111. The Labute approximate surface area is 102 Å². The number of hydrogen-bond acceptors (Lipinski definition) is 6. The Morgan fingerprint density at radius 1 is 1.53 bits per heavy atom. The van der Waals surface area contributed by atoms with Gasteiger partial charge in [-0.25, -0.2) is 15.0 Å². The summed E-state index contributed by atoms with van der Waals surface area (Å²) in [5, 5.41) is 0. The number of amides is 1. The SMILES string of the molecule is O=C(COc1cnc(-c2ccncn2)[nH]1)NS. The maximum absolute atomic E-state index is 10.9. The lowest BCUT2D eigenvalue weighted by Crippen LogP contribution is -2.21. The van der Waals surface area contributed by atoms with Crippen LogP contribution in [0, 0.1) is 0 Å². The van der Waals surface area contributed by atoms with Crippen molar-refractivity contribution in [3.63, 3.8) is 0 Å². The first kappa shape index (κ1) is 11.4. The van der Waals surface area contributed by atoms with Gasteiger partial charge in [-0.05, 0) is 6.07 Å². The number of H-pyrrole nitrogens is 1. The average molecular weight is 251 g/mol. The van der Waals surface area contributed by atoms with Crippen molar-refractivity contribution >= 4 is 18.7 Å². The van der Waals surface area contributed by atoms with Crippen LogP contribution in [0.3, 0.4) is 0 Å². The van der Waals surface area contributed by atoms with Crippen LogP contribution in [-0.2, 0) is 4.79 Å². The second-order valence-corrected chi connectivity index (χ2v) is 3.24. The zero-order valence-corrected chi connectivity index (χ0v) is 9.52. The second kappa shape index (κ2) is 5.30. The third kappa shape index (κ3) is 2.94. The molecule has 0 saturated heterocycles. The van der Waals surface area contributed by atoms with Gasteiger partial charge >= 0.3 is 0 Å². The van der Waals surface area contributed by atoms with E-state index in [1.54, 1.807) is 12.3 Å². The van der Waals surface area contributed by atoms with Gasteiger partial charge in [-0.3, -0.25) is 9.52 Å². The number of nitrogens with zero attached hydrogens (tertiary/aromatic N) is 3. The number of imidazole rings is 1. The van der Waals surface area contributed by atoms with E-state index in [2.05, 4.69) is 37.5 Å². The minimum absolute atomic E-state index is 0.130. The van der Waals surface area contributed by atoms with Crippen LogP contribution in [-0.4, -0.2) is 32.4 Å². The standard InChI is InChI=1S/C9H9N5O2S/c15-7(14-17)4-16-8-3-11-9(13-8)6-1-2-10-5-12-6/h1-3,5,17H,4H2,(H,11,13)(H,14,15). The van der Waals surface area contributed by atoms with Crippen LogP contribution in [0.5, 0.6) is 5.88 Å². The molecule has 2 N–H and O–H groups in total. The van der Waals surface area contributed by atoms with Crippen LogP contribution < -0.4 is 9.46 Å². The van der Waals surface area contributed by atoms with E-state index in [0.29, 0.717) is 17.4 Å². The summed E-state index contributed by atoms with van der Waals surface area (Å²) < 4.78 is 7.29. The lowest BCUT2D eigenvalue weighted by molar-refractivity contribution is -0.121. The molecule has 0 saturated carbocycles. The van der Waals surface area contributed by atoms with Gasteiger partial charge in [0.1, 0.15) is 12.0 Å². The van der Waals surface area contributed by atoms with Gasteiger partial charge in [0.25, 0.3) is 5.91 Å². The number of aromatic nitrogens is 4. The molecule has 0 bridgehead atoms. The number of carbonyl (C=O) groups is 1. The van der Waals surface area contributed by atoms with Gasteiger partial charge in [0.2, 0.25) is 5.88 Å². The molecule has 0 atom stereocenters. The van der Waals surface area contributed by atoms with Gasteiger partial charge in [0.15, 0.2) is 12.4 Å². The van der Waals surface area contributed by atoms with E-state index < -0.39 is 0 Å². The summed E-state index contributed by atoms with van der Waals surface area (Å²) in [6.45, 7) is -0.130. The van der Waals surface area contributed by atoms with Crippen LogP contribution in [0.2, 0.25) is 0 Å². The molecule has 88 valence electrons.